The van der Waals surface area contributed by atoms with Crippen molar-refractivity contribution in [3.63, 3.8) is 0 Å². The van der Waals surface area contributed by atoms with Crippen LogP contribution in [0.4, 0.5) is 0 Å². The van der Waals surface area contributed by atoms with Crippen molar-refractivity contribution < 1.29 is 0 Å². The summed E-state index contributed by atoms with van der Waals surface area (Å²) >= 11 is 0. The topological polar surface area (TPSA) is 0 Å². The Morgan fingerprint density at radius 2 is 1.41 bits per heavy atom. The molecule has 5 aliphatic carbocycles. The van der Waals surface area contributed by atoms with Gasteiger partial charge in [-0.05, 0) is 91.8 Å². The summed E-state index contributed by atoms with van der Waals surface area (Å²) in [4.78, 5) is 0. The molecule has 0 N–H and O–H groups in total. The maximum atomic E-state index is 2.55. The van der Waals surface area contributed by atoms with Gasteiger partial charge in [-0.25, -0.2) is 0 Å². The zero-order valence-corrected chi connectivity index (χ0v) is 11.1. The average Bonchev–Trinajstić information content (AvgIpc) is 3.02. The van der Waals surface area contributed by atoms with Gasteiger partial charge in [-0.3, -0.25) is 0 Å². The molecule has 0 aromatic rings. The maximum absolute atomic E-state index is 2.55. The van der Waals surface area contributed by atoms with Crippen LogP contribution in [0.3, 0.4) is 0 Å². The van der Waals surface area contributed by atoms with E-state index in [0.717, 1.165) is 11.8 Å². The van der Waals surface area contributed by atoms with Crippen LogP contribution in [-0.2, 0) is 0 Å². The largest absolute Gasteiger partial charge is 0.0622 e. The summed E-state index contributed by atoms with van der Waals surface area (Å²) in [6, 6.07) is 0. The quantitative estimate of drug-likeness (QED) is 0.580. The molecule has 5 fully saturated rings. The fraction of sp³-hybridized carbons (Fsp3) is 1.00. The monoisotopic (exact) mass is 230 g/mol. The Bertz CT molecular complexity index is 344. The van der Waals surface area contributed by atoms with Gasteiger partial charge in [0.2, 0.25) is 0 Å². The van der Waals surface area contributed by atoms with Crippen LogP contribution in [0.2, 0.25) is 0 Å². The van der Waals surface area contributed by atoms with E-state index in [1.165, 1.54) is 41.4 Å². The average molecular weight is 230 g/mol. The lowest BCUT2D eigenvalue weighted by atomic mass is 9.60. The van der Waals surface area contributed by atoms with Crippen molar-refractivity contribution in [1.29, 1.82) is 0 Å². The molecule has 0 heteroatoms. The Labute approximate surface area is 106 Å². The molecule has 0 nitrogen and oxygen atoms in total. The number of fused-ring (bicyclic) bond motifs is 11. The van der Waals surface area contributed by atoms with E-state index in [9.17, 15) is 0 Å². The second-order valence-corrected chi connectivity index (χ2v) is 8.27. The molecule has 9 unspecified atom stereocenters. The summed E-state index contributed by atoms with van der Waals surface area (Å²) in [6.45, 7) is 2.55. The predicted molar refractivity (Wildman–Crippen MR) is 69.4 cm³/mol. The molecule has 0 amide bonds. The second-order valence-electron chi connectivity index (χ2n) is 8.27. The van der Waals surface area contributed by atoms with Crippen LogP contribution in [-0.4, -0.2) is 0 Å². The Hall–Kier alpha value is 0. The van der Waals surface area contributed by atoms with Crippen molar-refractivity contribution >= 4 is 0 Å². The van der Waals surface area contributed by atoms with E-state index >= 15 is 0 Å². The molecule has 5 rings (SSSR count). The standard InChI is InChI=1S/C17H26/c1-9-5-11-6-10(9)7-15-14-8-16(17(11)15)13-4-2-3-12(13)14/h9-17H,2-8H2,1H3. The molecule has 5 aliphatic rings. The van der Waals surface area contributed by atoms with Gasteiger partial charge in [0, 0.05) is 0 Å². The maximum Gasteiger partial charge on any atom is -0.0323 e. The molecule has 4 bridgehead atoms. The Morgan fingerprint density at radius 1 is 0.647 bits per heavy atom. The smallest absolute Gasteiger partial charge is 0.0323 e. The summed E-state index contributed by atoms with van der Waals surface area (Å²) in [5, 5.41) is 0. The fourth-order valence-electron chi connectivity index (χ4n) is 7.69. The Kier molecular flexibility index (Phi) is 1.81. The first-order valence-electron chi connectivity index (χ1n) is 8.33. The molecule has 0 spiro atoms. The van der Waals surface area contributed by atoms with E-state index in [-0.39, 0.29) is 0 Å². The summed E-state index contributed by atoms with van der Waals surface area (Å²) in [6.07, 6.45) is 11.3. The number of hydrogen-bond acceptors (Lipinski definition) is 0. The van der Waals surface area contributed by atoms with Gasteiger partial charge >= 0.3 is 0 Å². The Morgan fingerprint density at radius 3 is 2.29 bits per heavy atom. The van der Waals surface area contributed by atoms with Crippen LogP contribution < -0.4 is 0 Å². The van der Waals surface area contributed by atoms with Crippen molar-refractivity contribution in [2.45, 2.75) is 51.9 Å². The summed E-state index contributed by atoms with van der Waals surface area (Å²) < 4.78 is 0. The van der Waals surface area contributed by atoms with E-state index in [4.69, 9.17) is 0 Å². The molecule has 0 aromatic heterocycles. The third kappa shape index (κ3) is 1.08. The van der Waals surface area contributed by atoms with Crippen molar-refractivity contribution in [1.82, 2.24) is 0 Å². The van der Waals surface area contributed by atoms with Gasteiger partial charge in [-0.2, -0.15) is 0 Å². The van der Waals surface area contributed by atoms with Crippen LogP contribution in [0, 0.1) is 53.3 Å². The number of hydrogen-bond donors (Lipinski definition) is 0. The molecule has 5 saturated carbocycles. The van der Waals surface area contributed by atoms with E-state index in [1.807, 2.05) is 0 Å². The third-order valence-corrected chi connectivity index (χ3v) is 8.01. The SMILES string of the molecule is CC1CC2CC1CC1C3CC(C4CCCC34)C21. The first-order chi connectivity index (χ1) is 8.33. The normalized spacial score (nSPS) is 67.2. The fourth-order valence-corrected chi connectivity index (χ4v) is 7.69. The highest BCUT2D eigenvalue weighted by atomic mass is 14.7. The van der Waals surface area contributed by atoms with Gasteiger partial charge in [-0.15, -0.1) is 0 Å². The zero-order chi connectivity index (χ0) is 11.1. The molecule has 17 heavy (non-hydrogen) atoms. The molecule has 94 valence electrons. The van der Waals surface area contributed by atoms with Crippen molar-refractivity contribution in [2.24, 2.45) is 53.3 Å². The second kappa shape index (κ2) is 3.11. The van der Waals surface area contributed by atoms with Crippen molar-refractivity contribution in [2.75, 3.05) is 0 Å². The summed E-state index contributed by atoms with van der Waals surface area (Å²) in [5.74, 6) is 10.6. The molecule has 0 radical (unpaired) electrons. The molecule has 0 saturated heterocycles. The molecule has 0 aromatic carbocycles. The highest BCUT2D eigenvalue weighted by Crippen LogP contribution is 2.70. The van der Waals surface area contributed by atoms with E-state index in [1.54, 1.807) is 44.9 Å². The molecule has 0 aliphatic heterocycles. The number of rotatable bonds is 0. The molecular formula is C17H26. The van der Waals surface area contributed by atoms with Crippen molar-refractivity contribution in [3.8, 4) is 0 Å². The van der Waals surface area contributed by atoms with Crippen LogP contribution in [0.1, 0.15) is 51.9 Å². The predicted octanol–water partition coefficient (Wildman–Crippen LogP) is 4.35. The lowest BCUT2D eigenvalue weighted by Gasteiger charge is -2.44. The van der Waals surface area contributed by atoms with Gasteiger partial charge < -0.3 is 0 Å². The molecule has 0 heterocycles. The molecule has 9 atom stereocenters. The minimum Gasteiger partial charge on any atom is -0.0622 e. The summed E-state index contributed by atoms with van der Waals surface area (Å²) in [5.41, 5.74) is 0. The van der Waals surface area contributed by atoms with Crippen molar-refractivity contribution in [3.05, 3.63) is 0 Å². The van der Waals surface area contributed by atoms with Gasteiger partial charge in [0.05, 0.1) is 0 Å². The first kappa shape index (κ1) is 9.87. The highest BCUT2D eigenvalue weighted by molar-refractivity contribution is 5.11. The lowest BCUT2D eigenvalue weighted by molar-refractivity contribution is 0.0372. The minimum atomic E-state index is 1.07. The van der Waals surface area contributed by atoms with Gasteiger partial charge in [0.1, 0.15) is 0 Å². The Balaban J connectivity index is 1.52. The van der Waals surface area contributed by atoms with Crippen LogP contribution in [0.5, 0.6) is 0 Å². The minimum absolute atomic E-state index is 1.07. The van der Waals surface area contributed by atoms with Crippen LogP contribution in [0.25, 0.3) is 0 Å². The third-order valence-electron chi connectivity index (χ3n) is 8.01. The van der Waals surface area contributed by atoms with Gasteiger partial charge in [0.15, 0.2) is 0 Å². The zero-order valence-electron chi connectivity index (χ0n) is 11.1. The first-order valence-corrected chi connectivity index (χ1v) is 8.33. The molecular weight excluding hydrogens is 204 g/mol. The van der Waals surface area contributed by atoms with E-state index in [0.29, 0.717) is 0 Å². The van der Waals surface area contributed by atoms with Crippen LogP contribution >= 0.6 is 0 Å². The van der Waals surface area contributed by atoms with Gasteiger partial charge in [0.25, 0.3) is 0 Å². The summed E-state index contributed by atoms with van der Waals surface area (Å²) in [7, 11) is 0. The van der Waals surface area contributed by atoms with Crippen LogP contribution in [0.15, 0.2) is 0 Å². The van der Waals surface area contributed by atoms with E-state index < -0.39 is 0 Å². The highest BCUT2D eigenvalue weighted by Gasteiger charge is 2.63. The lowest BCUT2D eigenvalue weighted by Crippen LogP contribution is -2.39. The van der Waals surface area contributed by atoms with Gasteiger partial charge in [-0.1, -0.05) is 13.3 Å². The van der Waals surface area contributed by atoms with E-state index in [2.05, 4.69) is 6.92 Å².